The number of anilines is 1. The summed E-state index contributed by atoms with van der Waals surface area (Å²) in [5, 5.41) is 1.16. The van der Waals surface area contributed by atoms with Crippen molar-refractivity contribution in [1.29, 1.82) is 0 Å². The maximum absolute atomic E-state index is 6.27. The first-order valence-corrected chi connectivity index (χ1v) is 7.33. The van der Waals surface area contributed by atoms with E-state index in [1.165, 1.54) is 0 Å². The quantitative estimate of drug-likeness (QED) is 0.869. The van der Waals surface area contributed by atoms with Gasteiger partial charge in [-0.15, -0.1) is 0 Å². The molecule has 0 unspecified atom stereocenters. The summed E-state index contributed by atoms with van der Waals surface area (Å²) in [4.78, 5) is 4.72. The molecule has 1 heterocycles. The van der Waals surface area contributed by atoms with Gasteiger partial charge in [0.2, 0.25) is 0 Å². The number of benzene rings is 1. The van der Waals surface area contributed by atoms with Gasteiger partial charge in [-0.2, -0.15) is 0 Å². The van der Waals surface area contributed by atoms with Gasteiger partial charge in [0, 0.05) is 22.5 Å². The second-order valence-corrected chi connectivity index (χ2v) is 6.63. The molecular formula is C15H19Cl2N3. The molecule has 1 aromatic heterocycles. The van der Waals surface area contributed by atoms with Crippen molar-refractivity contribution < 1.29 is 0 Å². The maximum atomic E-state index is 6.27. The summed E-state index contributed by atoms with van der Waals surface area (Å²) in [6, 6.07) is 5.36. The van der Waals surface area contributed by atoms with E-state index in [1.807, 2.05) is 10.6 Å². The van der Waals surface area contributed by atoms with Crippen LogP contribution in [0.1, 0.15) is 33.5 Å². The number of nitrogens with zero attached hydrogens (tertiary/aromatic N) is 2. The van der Waals surface area contributed by atoms with Gasteiger partial charge in [0.25, 0.3) is 0 Å². The van der Waals surface area contributed by atoms with Gasteiger partial charge in [0.05, 0.1) is 5.02 Å². The van der Waals surface area contributed by atoms with Crippen LogP contribution in [0.15, 0.2) is 18.2 Å². The van der Waals surface area contributed by atoms with Crippen molar-refractivity contribution in [1.82, 2.24) is 9.55 Å². The molecule has 2 rings (SSSR count). The van der Waals surface area contributed by atoms with Crippen LogP contribution in [0.4, 0.5) is 5.82 Å². The lowest BCUT2D eigenvalue weighted by molar-refractivity contribution is 0.509. The lowest BCUT2D eigenvalue weighted by Crippen LogP contribution is -2.19. The zero-order valence-corrected chi connectivity index (χ0v) is 13.7. The summed E-state index contributed by atoms with van der Waals surface area (Å²) in [7, 11) is 0. The summed E-state index contributed by atoms with van der Waals surface area (Å²) < 4.78 is 2.03. The van der Waals surface area contributed by atoms with Crippen LogP contribution in [0.5, 0.6) is 0 Å². The number of aromatic nitrogens is 2. The first-order chi connectivity index (χ1) is 9.25. The van der Waals surface area contributed by atoms with E-state index in [0.717, 1.165) is 23.6 Å². The average molecular weight is 312 g/mol. The number of hydrogen-bond donors (Lipinski definition) is 1. The Hall–Kier alpha value is -1.19. The topological polar surface area (TPSA) is 43.8 Å². The van der Waals surface area contributed by atoms with Gasteiger partial charge in [0.1, 0.15) is 17.3 Å². The van der Waals surface area contributed by atoms with E-state index in [4.69, 9.17) is 33.9 Å². The van der Waals surface area contributed by atoms with E-state index in [2.05, 4.69) is 27.7 Å². The standard InChI is InChI=1S/C15H19Cl2N3/c1-5-20-13(18)12(19-14(20)15(2,3)4)10-7-6-9(16)8-11(10)17/h6-8H,5,18H2,1-4H3. The van der Waals surface area contributed by atoms with Gasteiger partial charge in [0.15, 0.2) is 0 Å². The van der Waals surface area contributed by atoms with Crippen LogP contribution in [0.2, 0.25) is 10.0 Å². The maximum Gasteiger partial charge on any atom is 0.131 e. The lowest BCUT2D eigenvalue weighted by Gasteiger charge is -2.19. The highest BCUT2D eigenvalue weighted by molar-refractivity contribution is 6.36. The van der Waals surface area contributed by atoms with Gasteiger partial charge in [-0.3, -0.25) is 0 Å². The molecule has 20 heavy (non-hydrogen) atoms. The molecule has 0 aliphatic rings. The zero-order chi connectivity index (χ0) is 15.1. The number of nitrogen functional groups attached to an aromatic ring is 1. The van der Waals surface area contributed by atoms with Crippen LogP contribution in [-0.2, 0) is 12.0 Å². The average Bonchev–Trinajstić information content (AvgIpc) is 2.66. The SMILES string of the molecule is CCn1c(C(C)(C)C)nc(-c2ccc(Cl)cc2Cl)c1N. The van der Waals surface area contributed by atoms with E-state index in [9.17, 15) is 0 Å². The Kier molecular flexibility index (Phi) is 4.03. The fourth-order valence-corrected chi connectivity index (χ4v) is 2.74. The molecule has 0 bridgehead atoms. The van der Waals surface area contributed by atoms with Crippen molar-refractivity contribution >= 4 is 29.0 Å². The fraction of sp³-hybridized carbons (Fsp3) is 0.400. The lowest BCUT2D eigenvalue weighted by atomic mass is 9.95. The molecule has 2 N–H and O–H groups in total. The molecule has 5 heteroatoms. The molecule has 1 aromatic carbocycles. The molecular weight excluding hydrogens is 293 g/mol. The van der Waals surface area contributed by atoms with Gasteiger partial charge < -0.3 is 10.3 Å². The first kappa shape index (κ1) is 15.2. The van der Waals surface area contributed by atoms with Crippen LogP contribution >= 0.6 is 23.2 Å². The zero-order valence-electron chi connectivity index (χ0n) is 12.2. The Labute approximate surface area is 129 Å². The molecule has 0 aliphatic heterocycles. The van der Waals surface area contributed by atoms with Gasteiger partial charge in [-0.05, 0) is 25.1 Å². The van der Waals surface area contributed by atoms with E-state index < -0.39 is 0 Å². The number of imidazole rings is 1. The van der Waals surface area contributed by atoms with Crippen molar-refractivity contribution in [3.8, 4) is 11.3 Å². The third-order valence-corrected chi connectivity index (χ3v) is 3.73. The molecule has 108 valence electrons. The molecule has 0 spiro atoms. The number of hydrogen-bond acceptors (Lipinski definition) is 2. The van der Waals surface area contributed by atoms with Gasteiger partial charge in [-0.25, -0.2) is 4.98 Å². The van der Waals surface area contributed by atoms with Crippen molar-refractivity contribution in [3.05, 3.63) is 34.1 Å². The largest absolute Gasteiger partial charge is 0.383 e. The summed E-state index contributed by atoms with van der Waals surface area (Å²) >= 11 is 12.2. The molecule has 0 aliphatic carbocycles. The van der Waals surface area contributed by atoms with Crippen LogP contribution < -0.4 is 5.73 Å². The van der Waals surface area contributed by atoms with E-state index in [1.54, 1.807) is 12.1 Å². The second-order valence-electron chi connectivity index (χ2n) is 5.79. The van der Waals surface area contributed by atoms with Crippen molar-refractivity contribution in [2.75, 3.05) is 5.73 Å². The summed E-state index contributed by atoms with van der Waals surface area (Å²) in [6.07, 6.45) is 0. The molecule has 2 aromatic rings. The number of rotatable bonds is 2. The van der Waals surface area contributed by atoms with Gasteiger partial charge in [-0.1, -0.05) is 44.0 Å². The van der Waals surface area contributed by atoms with E-state index in [0.29, 0.717) is 15.9 Å². The van der Waals surface area contributed by atoms with E-state index in [-0.39, 0.29) is 5.41 Å². The molecule has 0 atom stereocenters. The fourth-order valence-electron chi connectivity index (χ4n) is 2.24. The normalized spacial score (nSPS) is 11.9. The monoisotopic (exact) mass is 311 g/mol. The van der Waals surface area contributed by atoms with Crippen LogP contribution in [0.3, 0.4) is 0 Å². The highest BCUT2D eigenvalue weighted by Gasteiger charge is 2.25. The van der Waals surface area contributed by atoms with E-state index >= 15 is 0 Å². The highest BCUT2D eigenvalue weighted by atomic mass is 35.5. The smallest absolute Gasteiger partial charge is 0.131 e. The molecule has 0 saturated heterocycles. The Balaban J connectivity index is 2.67. The van der Waals surface area contributed by atoms with Crippen molar-refractivity contribution in [3.63, 3.8) is 0 Å². The predicted octanol–water partition coefficient (Wildman–Crippen LogP) is 4.76. The van der Waals surface area contributed by atoms with Crippen LogP contribution in [0.25, 0.3) is 11.3 Å². The third kappa shape index (κ3) is 2.65. The van der Waals surface area contributed by atoms with Crippen molar-refractivity contribution in [2.45, 2.75) is 39.7 Å². The van der Waals surface area contributed by atoms with Crippen LogP contribution in [-0.4, -0.2) is 9.55 Å². The minimum Gasteiger partial charge on any atom is -0.383 e. The Morgan fingerprint density at radius 3 is 2.35 bits per heavy atom. The van der Waals surface area contributed by atoms with Gasteiger partial charge >= 0.3 is 0 Å². The molecule has 0 amide bonds. The summed E-state index contributed by atoms with van der Waals surface area (Å²) in [5.41, 5.74) is 7.71. The number of nitrogens with two attached hydrogens (primary N) is 1. The Bertz CT molecular complexity index is 639. The molecule has 0 saturated carbocycles. The van der Waals surface area contributed by atoms with Crippen LogP contribution in [0, 0.1) is 0 Å². The number of halogens is 2. The Morgan fingerprint density at radius 2 is 1.90 bits per heavy atom. The second kappa shape index (κ2) is 5.30. The molecule has 0 radical (unpaired) electrons. The first-order valence-electron chi connectivity index (χ1n) is 6.57. The third-order valence-electron chi connectivity index (χ3n) is 3.18. The summed E-state index contributed by atoms with van der Waals surface area (Å²) in [6.45, 7) is 9.19. The summed E-state index contributed by atoms with van der Waals surface area (Å²) in [5.74, 6) is 1.60. The Morgan fingerprint density at radius 1 is 1.25 bits per heavy atom. The minimum atomic E-state index is -0.0821. The minimum absolute atomic E-state index is 0.0821. The highest BCUT2D eigenvalue weighted by Crippen LogP contribution is 2.36. The predicted molar refractivity (Wildman–Crippen MR) is 86.5 cm³/mol. The molecule has 3 nitrogen and oxygen atoms in total. The molecule has 0 fully saturated rings. The van der Waals surface area contributed by atoms with Crippen molar-refractivity contribution in [2.24, 2.45) is 0 Å².